The topological polar surface area (TPSA) is 101 Å². The quantitative estimate of drug-likeness (QED) is 0.845. The summed E-state index contributed by atoms with van der Waals surface area (Å²) in [5.41, 5.74) is -0.513. The lowest BCUT2D eigenvalue weighted by Crippen LogP contribution is -2.38. The molecule has 0 saturated heterocycles. The molecule has 1 amide bonds. The summed E-state index contributed by atoms with van der Waals surface area (Å²) in [5, 5.41) is 11.2. The Hall–Kier alpha value is -1.70. The maximum absolute atomic E-state index is 11.4. The second kappa shape index (κ2) is 5.09. The summed E-state index contributed by atoms with van der Waals surface area (Å²) in [6.45, 7) is 5.06. The Labute approximate surface area is 102 Å². The van der Waals surface area contributed by atoms with E-state index in [1.807, 2.05) is 0 Å². The fourth-order valence-electron chi connectivity index (χ4n) is 0.987. The number of aromatic nitrogens is 2. The standard InChI is InChI=1S/C9H13N3O4S/c1-9(2,3)16-8(15)11-6(7(13)14)5-4-10-17-12-5/h4,6H,1-3H3,(H,11,15)(H,13,14). The van der Waals surface area contributed by atoms with Gasteiger partial charge in [0.25, 0.3) is 0 Å². The molecule has 0 spiro atoms. The van der Waals surface area contributed by atoms with Crippen LogP contribution in [0.25, 0.3) is 0 Å². The predicted molar refractivity (Wildman–Crippen MR) is 59.7 cm³/mol. The van der Waals surface area contributed by atoms with E-state index in [1.54, 1.807) is 20.8 Å². The van der Waals surface area contributed by atoms with Crippen LogP contribution in [0.1, 0.15) is 32.5 Å². The molecule has 2 N–H and O–H groups in total. The number of carbonyl (C=O) groups excluding carboxylic acids is 1. The molecule has 0 aliphatic rings. The van der Waals surface area contributed by atoms with Crippen molar-refractivity contribution in [2.45, 2.75) is 32.4 Å². The molecule has 1 aromatic heterocycles. The molecule has 0 aliphatic heterocycles. The van der Waals surface area contributed by atoms with Crippen molar-refractivity contribution in [2.24, 2.45) is 0 Å². The molecule has 7 nitrogen and oxygen atoms in total. The second-order valence-corrected chi connectivity index (χ2v) is 4.81. The molecule has 0 aliphatic carbocycles. The van der Waals surface area contributed by atoms with E-state index in [9.17, 15) is 9.59 Å². The first kappa shape index (κ1) is 13.4. The Kier molecular flexibility index (Phi) is 4.00. The van der Waals surface area contributed by atoms with Crippen LogP contribution >= 0.6 is 11.7 Å². The summed E-state index contributed by atoms with van der Waals surface area (Å²) < 4.78 is 12.4. The molecule has 8 heteroatoms. The minimum Gasteiger partial charge on any atom is -0.479 e. The molecule has 0 aromatic carbocycles. The van der Waals surface area contributed by atoms with Crippen molar-refractivity contribution in [3.05, 3.63) is 11.9 Å². The fourth-order valence-corrected chi connectivity index (χ4v) is 1.44. The number of amides is 1. The number of nitrogens with zero attached hydrogens (tertiary/aromatic N) is 2. The molecule has 0 saturated carbocycles. The SMILES string of the molecule is CC(C)(C)OC(=O)NC(C(=O)O)c1cnsn1. The molecule has 0 bridgehead atoms. The minimum atomic E-state index is -1.25. The normalized spacial score (nSPS) is 12.9. The van der Waals surface area contributed by atoms with Crippen molar-refractivity contribution in [1.82, 2.24) is 14.1 Å². The summed E-state index contributed by atoms with van der Waals surface area (Å²) in [7, 11) is 0. The van der Waals surface area contributed by atoms with E-state index >= 15 is 0 Å². The van der Waals surface area contributed by atoms with E-state index in [2.05, 4.69) is 14.1 Å². The van der Waals surface area contributed by atoms with Crippen LogP contribution in [0.3, 0.4) is 0 Å². The number of rotatable bonds is 3. The van der Waals surface area contributed by atoms with E-state index in [4.69, 9.17) is 9.84 Å². The summed E-state index contributed by atoms with van der Waals surface area (Å²) in [6, 6.07) is -1.25. The molecule has 94 valence electrons. The number of carboxylic acid groups (broad SMARTS) is 1. The number of nitrogens with one attached hydrogen (secondary N) is 1. The van der Waals surface area contributed by atoms with Gasteiger partial charge in [-0.1, -0.05) is 0 Å². The van der Waals surface area contributed by atoms with Crippen molar-refractivity contribution in [2.75, 3.05) is 0 Å². The summed E-state index contributed by atoms with van der Waals surface area (Å²) in [5.74, 6) is -1.22. The van der Waals surface area contributed by atoms with Crippen LogP contribution in [0.15, 0.2) is 6.20 Å². The lowest BCUT2D eigenvalue weighted by Gasteiger charge is -2.21. The molecule has 1 unspecified atom stereocenters. The van der Waals surface area contributed by atoms with Crippen molar-refractivity contribution in [1.29, 1.82) is 0 Å². The lowest BCUT2D eigenvalue weighted by atomic mass is 10.2. The third-order valence-corrected chi connectivity index (χ3v) is 2.07. The van der Waals surface area contributed by atoms with E-state index in [0.717, 1.165) is 11.7 Å². The van der Waals surface area contributed by atoms with Crippen molar-refractivity contribution in [3.8, 4) is 0 Å². The van der Waals surface area contributed by atoms with Gasteiger partial charge in [0.15, 0.2) is 6.04 Å². The first-order chi connectivity index (χ1) is 7.79. The average Bonchev–Trinajstić information content (AvgIpc) is 2.63. The molecular weight excluding hydrogens is 246 g/mol. The summed E-state index contributed by atoms with van der Waals surface area (Å²) in [4.78, 5) is 22.4. The highest BCUT2D eigenvalue weighted by molar-refractivity contribution is 6.99. The third-order valence-electron chi connectivity index (χ3n) is 1.58. The van der Waals surface area contributed by atoms with Crippen LogP contribution in [0.5, 0.6) is 0 Å². The van der Waals surface area contributed by atoms with Gasteiger partial charge < -0.3 is 15.2 Å². The summed E-state index contributed by atoms with van der Waals surface area (Å²) >= 11 is 0.870. The van der Waals surface area contributed by atoms with E-state index in [-0.39, 0.29) is 5.69 Å². The summed E-state index contributed by atoms with van der Waals surface area (Å²) in [6.07, 6.45) is 0.485. The fraction of sp³-hybridized carbons (Fsp3) is 0.556. The number of ether oxygens (including phenoxy) is 1. The highest BCUT2D eigenvalue weighted by Gasteiger charge is 2.27. The van der Waals surface area contributed by atoms with E-state index < -0.39 is 23.7 Å². The van der Waals surface area contributed by atoms with Crippen LogP contribution < -0.4 is 5.32 Å². The molecule has 1 aromatic rings. The Morgan fingerprint density at radius 2 is 2.18 bits per heavy atom. The van der Waals surface area contributed by atoms with Gasteiger partial charge in [0.05, 0.1) is 17.9 Å². The molecule has 0 radical (unpaired) electrons. The minimum absolute atomic E-state index is 0.174. The van der Waals surface area contributed by atoms with Crippen LogP contribution in [0.2, 0.25) is 0 Å². The first-order valence-electron chi connectivity index (χ1n) is 4.79. The lowest BCUT2D eigenvalue weighted by molar-refractivity contribution is -0.139. The maximum atomic E-state index is 11.4. The van der Waals surface area contributed by atoms with Gasteiger partial charge in [-0.3, -0.25) is 0 Å². The monoisotopic (exact) mass is 259 g/mol. The number of hydrogen-bond donors (Lipinski definition) is 2. The van der Waals surface area contributed by atoms with Crippen LogP contribution in [0, 0.1) is 0 Å². The van der Waals surface area contributed by atoms with Crippen LogP contribution in [-0.4, -0.2) is 31.5 Å². The van der Waals surface area contributed by atoms with Crippen molar-refractivity contribution in [3.63, 3.8) is 0 Å². The Balaban J connectivity index is 2.69. The number of carboxylic acids is 1. The van der Waals surface area contributed by atoms with Crippen LogP contribution in [-0.2, 0) is 9.53 Å². The first-order valence-corrected chi connectivity index (χ1v) is 5.52. The number of aliphatic carboxylic acids is 1. The number of alkyl carbamates (subject to hydrolysis) is 1. The molecule has 0 fully saturated rings. The van der Waals surface area contributed by atoms with Gasteiger partial charge in [-0.2, -0.15) is 8.75 Å². The van der Waals surface area contributed by atoms with E-state index in [0.29, 0.717) is 0 Å². The average molecular weight is 259 g/mol. The Morgan fingerprint density at radius 1 is 1.53 bits per heavy atom. The highest BCUT2D eigenvalue weighted by Crippen LogP contribution is 2.13. The van der Waals surface area contributed by atoms with Crippen molar-refractivity contribution < 1.29 is 19.4 Å². The van der Waals surface area contributed by atoms with Gasteiger partial charge in [-0.05, 0) is 20.8 Å². The molecule has 1 rings (SSSR count). The zero-order chi connectivity index (χ0) is 13.1. The van der Waals surface area contributed by atoms with Gasteiger partial charge in [-0.15, -0.1) is 0 Å². The van der Waals surface area contributed by atoms with Gasteiger partial charge in [-0.25, -0.2) is 9.59 Å². The molecule has 1 atom stereocenters. The van der Waals surface area contributed by atoms with Gasteiger partial charge in [0, 0.05) is 0 Å². The Morgan fingerprint density at radius 3 is 2.59 bits per heavy atom. The number of carbonyl (C=O) groups is 2. The van der Waals surface area contributed by atoms with Crippen molar-refractivity contribution >= 4 is 23.8 Å². The highest BCUT2D eigenvalue weighted by atomic mass is 32.1. The zero-order valence-electron chi connectivity index (χ0n) is 9.63. The Bertz CT molecular complexity index is 399. The van der Waals surface area contributed by atoms with Gasteiger partial charge in [0.1, 0.15) is 11.3 Å². The number of hydrogen-bond acceptors (Lipinski definition) is 6. The third kappa shape index (κ3) is 4.35. The van der Waals surface area contributed by atoms with Crippen LogP contribution in [0.4, 0.5) is 4.79 Å². The maximum Gasteiger partial charge on any atom is 0.408 e. The molecule has 17 heavy (non-hydrogen) atoms. The predicted octanol–water partition coefficient (Wildman–Crippen LogP) is 1.19. The smallest absolute Gasteiger partial charge is 0.408 e. The zero-order valence-corrected chi connectivity index (χ0v) is 10.4. The molecule has 1 heterocycles. The largest absolute Gasteiger partial charge is 0.479 e. The van der Waals surface area contributed by atoms with E-state index in [1.165, 1.54) is 6.20 Å². The van der Waals surface area contributed by atoms with Gasteiger partial charge >= 0.3 is 12.1 Å². The van der Waals surface area contributed by atoms with Gasteiger partial charge in [0.2, 0.25) is 0 Å². The molecular formula is C9H13N3O4S. The second-order valence-electron chi connectivity index (χ2n) is 4.25.